The van der Waals surface area contributed by atoms with Gasteiger partial charge in [-0.3, -0.25) is 14.9 Å². The number of benzene rings is 2. The lowest BCUT2D eigenvalue weighted by atomic mass is 10.1. The fourth-order valence-corrected chi connectivity index (χ4v) is 2.60. The number of aromatic nitrogens is 2. The van der Waals surface area contributed by atoms with E-state index in [1.165, 1.54) is 25.3 Å². The van der Waals surface area contributed by atoms with E-state index in [9.17, 15) is 14.9 Å². The van der Waals surface area contributed by atoms with E-state index in [1.807, 2.05) is 31.2 Å². The molecular formula is C20H19N3O6. The lowest BCUT2D eigenvalue weighted by molar-refractivity contribution is -0.385. The Morgan fingerprint density at radius 2 is 1.93 bits per heavy atom. The number of hydrogen-bond donors (Lipinski definition) is 0. The Bertz CT molecular complexity index is 1010. The monoisotopic (exact) mass is 397 g/mol. The molecule has 9 nitrogen and oxygen atoms in total. The van der Waals surface area contributed by atoms with Gasteiger partial charge >= 0.3 is 5.97 Å². The van der Waals surface area contributed by atoms with E-state index in [1.54, 1.807) is 0 Å². The molecule has 1 aromatic heterocycles. The number of esters is 1. The molecule has 1 heterocycles. The highest BCUT2D eigenvalue weighted by Gasteiger charge is 2.15. The van der Waals surface area contributed by atoms with Gasteiger partial charge in [-0.15, -0.1) is 10.2 Å². The number of ether oxygens (including phenoxy) is 2. The van der Waals surface area contributed by atoms with E-state index < -0.39 is 10.9 Å². The molecule has 0 fully saturated rings. The van der Waals surface area contributed by atoms with Gasteiger partial charge in [0.25, 0.3) is 5.69 Å². The summed E-state index contributed by atoms with van der Waals surface area (Å²) in [4.78, 5) is 22.4. The van der Waals surface area contributed by atoms with Gasteiger partial charge in [0, 0.05) is 29.7 Å². The molecule has 3 rings (SSSR count). The van der Waals surface area contributed by atoms with E-state index in [4.69, 9.17) is 13.9 Å². The van der Waals surface area contributed by atoms with Crippen molar-refractivity contribution in [2.45, 2.75) is 26.4 Å². The third kappa shape index (κ3) is 5.16. The number of nitrogens with zero attached hydrogens (tertiary/aromatic N) is 3. The van der Waals surface area contributed by atoms with Crippen LogP contribution in [0.15, 0.2) is 46.9 Å². The van der Waals surface area contributed by atoms with Gasteiger partial charge in [0.1, 0.15) is 12.4 Å². The highest BCUT2D eigenvalue weighted by molar-refractivity contribution is 5.69. The highest BCUT2D eigenvalue weighted by Crippen LogP contribution is 2.25. The molecule has 9 heteroatoms. The molecule has 0 atom stereocenters. The van der Waals surface area contributed by atoms with Crippen molar-refractivity contribution in [1.29, 1.82) is 0 Å². The molecule has 0 aliphatic rings. The minimum absolute atomic E-state index is 0.0345. The number of hydrogen-bond acceptors (Lipinski definition) is 8. The van der Waals surface area contributed by atoms with E-state index in [-0.39, 0.29) is 25.1 Å². The van der Waals surface area contributed by atoms with E-state index in [0.717, 1.165) is 11.1 Å². The summed E-state index contributed by atoms with van der Waals surface area (Å²) in [5.74, 6) is 0.622. The topological polar surface area (TPSA) is 118 Å². The predicted molar refractivity (Wildman–Crippen MR) is 102 cm³/mol. The van der Waals surface area contributed by atoms with Crippen molar-refractivity contribution in [1.82, 2.24) is 10.2 Å². The summed E-state index contributed by atoms with van der Waals surface area (Å²) in [7, 11) is 1.44. The van der Waals surface area contributed by atoms with E-state index in [0.29, 0.717) is 23.1 Å². The predicted octanol–water partition coefficient (Wildman–Crippen LogP) is 3.64. The molecule has 29 heavy (non-hydrogen) atoms. The van der Waals surface area contributed by atoms with Gasteiger partial charge < -0.3 is 13.9 Å². The SMILES string of the molecule is COc1ccc([N+](=O)[O-])cc1COC(=O)CCc1nnc(-c2ccc(C)cc2)o1. The summed E-state index contributed by atoms with van der Waals surface area (Å²) in [6, 6.07) is 11.8. The highest BCUT2D eigenvalue weighted by atomic mass is 16.6. The van der Waals surface area contributed by atoms with Gasteiger partial charge in [-0.05, 0) is 25.1 Å². The lowest BCUT2D eigenvalue weighted by Gasteiger charge is -2.09. The number of carbonyl (C=O) groups is 1. The molecule has 0 N–H and O–H groups in total. The molecule has 0 aliphatic heterocycles. The van der Waals surface area contributed by atoms with Gasteiger partial charge in [-0.25, -0.2) is 0 Å². The third-order valence-electron chi connectivity index (χ3n) is 4.17. The number of nitro benzene ring substituents is 1. The number of carbonyl (C=O) groups excluding carboxylic acids is 1. The average Bonchev–Trinajstić information content (AvgIpc) is 3.20. The number of methoxy groups -OCH3 is 1. The van der Waals surface area contributed by atoms with Crippen molar-refractivity contribution < 1.29 is 23.6 Å². The van der Waals surface area contributed by atoms with Crippen molar-refractivity contribution in [2.24, 2.45) is 0 Å². The first-order chi connectivity index (χ1) is 14.0. The molecule has 150 valence electrons. The summed E-state index contributed by atoms with van der Waals surface area (Å²) in [6.07, 6.45) is 0.260. The van der Waals surface area contributed by atoms with Gasteiger partial charge in [-0.2, -0.15) is 0 Å². The van der Waals surface area contributed by atoms with Gasteiger partial charge in [0.2, 0.25) is 11.8 Å². The molecule has 0 saturated heterocycles. The van der Waals surface area contributed by atoms with Crippen molar-refractivity contribution in [2.75, 3.05) is 7.11 Å². The molecule has 0 saturated carbocycles. The summed E-state index contributed by atoms with van der Waals surface area (Å²) in [5.41, 5.74) is 2.23. The Hall–Kier alpha value is -3.75. The molecule has 3 aromatic rings. The van der Waals surface area contributed by atoms with Crippen molar-refractivity contribution in [3.8, 4) is 17.2 Å². The summed E-state index contributed by atoms with van der Waals surface area (Å²) in [5, 5.41) is 18.8. The quantitative estimate of drug-likeness (QED) is 0.321. The largest absolute Gasteiger partial charge is 0.496 e. The summed E-state index contributed by atoms with van der Waals surface area (Å²) < 4.78 is 15.9. The Morgan fingerprint density at radius 1 is 1.17 bits per heavy atom. The fraction of sp³-hybridized carbons (Fsp3) is 0.250. The number of aryl methyl sites for hydroxylation is 2. The van der Waals surface area contributed by atoms with Crippen LogP contribution in [0, 0.1) is 17.0 Å². The van der Waals surface area contributed by atoms with Crippen LogP contribution in [0.5, 0.6) is 5.75 Å². The van der Waals surface area contributed by atoms with Gasteiger partial charge in [0.15, 0.2) is 0 Å². The normalized spacial score (nSPS) is 10.6. The lowest BCUT2D eigenvalue weighted by Crippen LogP contribution is -2.07. The second kappa shape index (κ2) is 8.96. The minimum atomic E-state index is -0.522. The van der Waals surface area contributed by atoms with Crippen LogP contribution in [0.4, 0.5) is 5.69 Å². The maximum atomic E-state index is 12.0. The van der Waals surface area contributed by atoms with Crippen molar-refractivity contribution in [3.05, 3.63) is 69.6 Å². The van der Waals surface area contributed by atoms with Gasteiger partial charge in [-0.1, -0.05) is 17.7 Å². The molecule has 0 radical (unpaired) electrons. The second-order valence-electron chi connectivity index (χ2n) is 6.28. The number of non-ortho nitro benzene ring substituents is 1. The second-order valence-corrected chi connectivity index (χ2v) is 6.28. The number of nitro groups is 1. The zero-order valence-electron chi connectivity index (χ0n) is 16.0. The van der Waals surface area contributed by atoms with Crippen LogP contribution in [0.25, 0.3) is 11.5 Å². The average molecular weight is 397 g/mol. The molecule has 0 spiro atoms. The van der Waals surface area contributed by atoms with Crippen LogP contribution in [-0.4, -0.2) is 28.2 Å². The first kappa shape index (κ1) is 20.0. The third-order valence-corrected chi connectivity index (χ3v) is 4.17. The molecule has 0 bridgehead atoms. The summed E-state index contributed by atoms with van der Waals surface area (Å²) >= 11 is 0. The van der Waals surface area contributed by atoms with E-state index >= 15 is 0 Å². The zero-order chi connectivity index (χ0) is 20.8. The fourth-order valence-electron chi connectivity index (χ4n) is 2.60. The van der Waals surface area contributed by atoms with Crippen LogP contribution >= 0.6 is 0 Å². The first-order valence-electron chi connectivity index (χ1n) is 8.82. The van der Waals surface area contributed by atoms with Crippen LogP contribution in [0.2, 0.25) is 0 Å². The first-order valence-corrected chi connectivity index (χ1v) is 8.82. The molecule has 2 aromatic carbocycles. The standard InChI is InChI=1S/C20H19N3O6/c1-13-3-5-14(6-4-13)20-22-21-18(29-20)9-10-19(24)28-12-15-11-16(23(25)26)7-8-17(15)27-2/h3-8,11H,9-10,12H2,1-2H3. The van der Waals surface area contributed by atoms with Crippen LogP contribution in [0.1, 0.15) is 23.4 Å². The van der Waals surface area contributed by atoms with Gasteiger partial charge in [0.05, 0.1) is 18.5 Å². The van der Waals surface area contributed by atoms with Crippen LogP contribution in [0.3, 0.4) is 0 Å². The molecular weight excluding hydrogens is 378 g/mol. The zero-order valence-corrected chi connectivity index (χ0v) is 16.0. The molecule has 0 aliphatic carbocycles. The van der Waals surface area contributed by atoms with E-state index in [2.05, 4.69) is 10.2 Å². The van der Waals surface area contributed by atoms with Crippen LogP contribution in [-0.2, 0) is 22.6 Å². The van der Waals surface area contributed by atoms with Crippen LogP contribution < -0.4 is 4.74 Å². The molecule has 0 unspecified atom stereocenters. The number of rotatable bonds is 8. The van der Waals surface area contributed by atoms with Crippen molar-refractivity contribution >= 4 is 11.7 Å². The Kier molecular flexibility index (Phi) is 6.18. The maximum absolute atomic E-state index is 12.0. The Labute approximate surface area is 166 Å². The minimum Gasteiger partial charge on any atom is -0.496 e. The Balaban J connectivity index is 1.55. The summed E-state index contributed by atoms with van der Waals surface area (Å²) in [6.45, 7) is 1.85. The van der Waals surface area contributed by atoms with Crippen molar-refractivity contribution in [3.63, 3.8) is 0 Å². The Morgan fingerprint density at radius 3 is 2.62 bits per heavy atom. The smallest absolute Gasteiger partial charge is 0.306 e. The maximum Gasteiger partial charge on any atom is 0.306 e. The molecule has 0 amide bonds.